The summed E-state index contributed by atoms with van der Waals surface area (Å²) in [5, 5.41) is 5.04. The predicted octanol–water partition coefficient (Wildman–Crippen LogP) is 5.96. The number of hydrogen-bond donors (Lipinski definition) is 1. The third-order valence-electron chi connectivity index (χ3n) is 6.14. The molecule has 9 nitrogen and oxygen atoms in total. The van der Waals surface area contributed by atoms with Gasteiger partial charge >= 0.3 is 6.03 Å². The van der Waals surface area contributed by atoms with Gasteiger partial charge in [-0.1, -0.05) is 6.07 Å². The van der Waals surface area contributed by atoms with Crippen LogP contribution in [0.4, 0.5) is 10.5 Å². The Balaban J connectivity index is 1.36. The van der Waals surface area contributed by atoms with E-state index < -0.39 is 0 Å². The number of carbonyl (C=O) groups excluding carboxylic acids is 1. The molecule has 196 valence electrons. The van der Waals surface area contributed by atoms with Crippen LogP contribution in [0, 0.1) is 0 Å². The quantitative estimate of drug-likeness (QED) is 0.239. The molecule has 2 amide bonds. The Kier molecular flexibility index (Phi) is 7.50. The molecule has 0 radical (unpaired) electrons. The highest BCUT2D eigenvalue weighted by molar-refractivity contribution is 7.15. The van der Waals surface area contributed by atoms with Crippen molar-refractivity contribution >= 4 is 28.0 Å². The number of hydrogen-bond acceptors (Lipinski definition) is 7. The van der Waals surface area contributed by atoms with Crippen LogP contribution in [0.15, 0.2) is 76.9 Å². The SMILES string of the molecule is COc1cccc(NC(=O)N(CCc2csc3nc(-c4cc(OC)ccc4OC)cn23)Cc2ccco2)c1. The van der Waals surface area contributed by atoms with Crippen LogP contribution in [-0.2, 0) is 13.0 Å². The number of methoxy groups -OCH3 is 3. The summed E-state index contributed by atoms with van der Waals surface area (Å²) in [6.45, 7) is 0.810. The molecule has 5 aromatic rings. The van der Waals surface area contributed by atoms with E-state index in [-0.39, 0.29) is 6.03 Å². The summed E-state index contributed by atoms with van der Waals surface area (Å²) < 4.78 is 23.8. The zero-order valence-electron chi connectivity index (χ0n) is 21.3. The van der Waals surface area contributed by atoms with Gasteiger partial charge in [0.15, 0.2) is 4.96 Å². The first-order valence-electron chi connectivity index (χ1n) is 12.0. The molecule has 0 saturated heterocycles. The number of amides is 2. The first-order chi connectivity index (χ1) is 18.6. The van der Waals surface area contributed by atoms with Gasteiger partial charge in [-0.2, -0.15) is 0 Å². The minimum absolute atomic E-state index is 0.228. The second-order valence-electron chi connectivity index (χ2n) is 8.49. The number of furan rings is 1. The van der Waals surface area contributed by atoms with Gasteiger partial charge in [0, 0.05) is 47.6 Å². The average molecular weight is 533 g/mol. The number of fused-ring (bicyclic) bond motifs is 1. The highest BCUT2D eigenvalue weighted by Gasteiger charge is 2.19. The number of thiazole rings is 1. The van der Waals surface area contributed by atoms with Crippen molar-refractivity contribution in [2.24, 2.45) is 0 Å². The van der Waals surface area contributed by atoms with Crippen molar-refractivity contribution in [2.75, 3.05) is 33.2 Å². The van der Waals surface area contributed by atoms with E-state index >= 15 is 0 Å². The number of imidazole rings is 1. The third-order valence-corrected chi connectivity index (χ3v) is 7.03. The highest BCUT2D eigenvalue weighted by Crippen LogP contribution is 2.34. The standard InChI is InChI=1S/C28H28N4O5S/c1-34-21-7-4-6-19(14-21)29-27(33)31(16-23-8-5-13-37-23)12-11-20-18-38-28-30-25(17-32(20)28)24-15-22(35-2)9-10-26(24)36-3/h4-10,13-15,17-18H,11-12,16H2,1-3H3,(H,29,33). The number of nitrogens with zero attached hydrogens (tertiary/aromatic N) is 3. The molecule has 0 unspecified atom stereocenters. The maximum atomic E-state index is 13.3. The third kappa shape index (κ3) is 5.45. The minimum Gasteiger partial charge on any atom is -0.497 e. The maximum absolute atomic E-state index is 13.3. The van der Waals surface area contributed by atoms with Crippen LogP contribution in [0.25, 0.3) is 16.2 Å². The molecule has 1 N–H and O–H groups in total. The summed E-state index contributed by atoms with van der Waals surface area (Å²) in [6.07, 6.45) is 4.22. The fourth-order valence-electron chi connectivity index (χ4n) is 4.15. The molecule has 0 spiro atoms. The number of carbonyl (C=O) groups is 1. The molecule has 0 aliphatic rings. The monoisotopic (exact) mass is 532 g/mol. The van der Waals surface area contributed by atoms with Crippen molar-refractivity contribution in [1.82, 2.24) is 14.3 Å². The molecule has 0 bridgehead atoms. The van der Waals surface area contributed by atoms with Crippen LogP contribution in [0.2, 0.25) is 0 Å². The summed E-state index contributed by atoms with van der Waals surface area (Å²) in [5.41, 5.74) is 3.34. The van der Waals surface area contributed by atoms with E-state index in [0.29, 0.717) is 36.7 Å². The second-order valence-corrected chi connectivity index (χ2v) is 9.32. The number of nitrogens with one attached hydrogen (secondary N) is 1. The van der Waals surface area contributed by atoms with Gasteiger partial charge in [0.2, 0.25) is 0 Å². The summed E-state index contributed by atoms with van der Waals surface area (Å²) in [5.74, 6) is 2.82. The lowest BCUT2D eigenvalue weighted by molar-refractivity contribution is 0.204. The first kappa shape index (κ1) is 25.2. The molecule has 0 atom stereocenters. The van der Waals surface area contributed by atoms with Crippen LogP contribution >= 0.6 is 11.3 Å². The van der Waals surface area contributed by atoms with Crippen LogP contribution in [0.1, 0.15) is 11.5 Å². The van der Waals surface area contributed by atoms with Gasteiger partial charge in [0.25, 0.3) is 0 Å². The lowest BCUT2D eigenvalue weighted by atomic mass is 10.1. The molecule has 5 rings (SSSR count). The molecule has 10 heteroatoms. The lowest BCUT2D eigenvalue weighted by Crippen LogP contribution is -2.36. The van der Waals surface area contributed by atoms with Gasteiger partial charge in [-0.15, -0.1) is 11.3 Å². The van der Waals surface area contributed by atoms with Gasteiger partial charge < -0.3 is 28.8 Å². The van der Waals surface area contributed by atoms with Gasteiger partial charge in [-0.25, -0.2) is 9.78 Å². The molecule has 0 aliphatic carbocycles. The molecular weight excluding hydrogens is 504 g/mol. The smallest absolute Gasteiger partial charge is 0.322 e. The first-order valence-corrected chi connectivity index (χ1v) is 12.9. The molecule has 2 aromatic carbocycles. The summed E-state index contributed by atoms with van der Waals surface area (Å²) in [6, 6.07) is 16.4. The fourth-order valence-corrected chi connectivity index (χ4v) is 5.06. The van der Waals surface area contributed by atoms with E-state index in [1.807, 2.05) is 54.7 Å². The Bertz CT molecular complexity index is 1530. The van der Waals surface area contributed by atoms with Crippen LogP contribution in [0.5, 0.6) is 17.2 Å². The van der Waals surface area contributed by atoms with E-state index in [1.54, 1.807) is 49.9 Å². The van der Waals surface area contributed by atoms with Crippen molar-refractivity contribution < 1.29 is 23.4 Å². The van der Waals surface area contributed by atoms with Gasteiger partial charge in [-0.05, 0) is 42.5 Å². The van der Waals surface area contributed by atoms with E-state index in [1.165, 1.54) is 0 Å². The van der Waals surface area contributed by atoms with E-state index in [0.717, 1.165) is 33.4 Å². The van der Waals surface area contributed by atoms with Gasteiger partial charge in [-0.3, -0.25) is 4.40 Å². The Hall–Kier alpha value is -4.44. The molecule has 38 heavy (non-hydrogen) atoms. The molecule has 0 fully saturated rings. The largest absolute Gasteiger partial charge is 0.497 e. The molecule has 0 saturated carbocycles. The zero-order valence-corrected chi connectivity index (χ0v) is 22.2. The summed E-state index contributed by atoms with van der Waals surface area (Å²) in [4.78, 5) is 20.7. The Labute approximate surface area is 224 Å². The zero-order chi connectivity index (χ0) is 26.5. The number of urea groups is 1. The normalized spacial score (nSPS) is 10.9. The number of ether oxygens (including phenoxy) is 3. The number of rotatable bonds is 10. The summed E-state index contributed by atoms with van der Waals surface area (Å²) in [7, 11) is 4.87. The Morgan fingerprint density at radius 3 is 2.66 bits per heavy atom. The molecule has 3 heterocycles. The van der Waals surface area contributed by atoms with E-state index in [9.17, 15) is 4.79 Å². The Morgan fingerprint density at radius 1 is 1.05 bits per heavy atom. The number of aromatic nitrogens is 2. The molecule has 0 aliphatic heterocycles. The highest BCUT2D eigenvalue weighted by atomic mass is 32.1. The number of benzene rings is 2. The van der Waals surface area contributed by atoms with E-state index in [2.05, 4.69) is 15.1 Å². The van der Waals surface area contributed by atoms with E-state index in [4.69, 9.17) is 23.6 Å². The summed E-state index contributed by atoms with van der Waals surface area (Å²) >= 11 is 1.55. The molecular formula is C28H28N4O5S. The maximum Gasteiger partial charge on any atom is 0.322 e. The topological polar surface area (TPSA) is 90.5 Å². The van der Waals surface area contributed by atoms with Crippen molar-refractivity contribution in [3.63, 3.8) is 0 Å². The Morgan fingerprint density at radius 2 is 1.89 bits per heavy atom. The predicted molar refractivity (Wildman–Crippen MR) is 146 cm³/mol. The van der Waals surface area contributed by atoms with Crippen LogP contribution < -0.4 is 19.5 Å². The second kappa shape index (κ2) is 11.3. The van der Waals surface area contributed by atoms with Crippen molar-refractivity contribution in [3.05, 3.63) is 83.9 Å². The fraction of sp³-hybridized carbons (Fsp3) is 0.214. The average Bonchev–Trinajstić information content (AvgIpc) is 3.69. The van der Waals surface area contributed by atoms with Gasteiger partial charge in [0.1, 0.15) is 23.0 Å². The van der Waals surface area contributed by atoms with Gasteiger partial charge in [0.05, 0.1) is 39.8 Å². The van der Waals surface area contributed by atoms with Crippen molar-refractivity contribution in [3.8, 4) is 28.5 Å². The van der Waals surface area contributed by atoms with Crippen molar-refractivity contribution in [2.45, 2.75) is 13.0 Å². The molecule has 3 aromatic heterocycles. The number of anilines is 1. The van der Waals surface area contributed by atoms with Crippen LogP contribution in [-0.4, -0.2) is 48.2 Å². The van der Waals surface area contributed by atoms with Crippen molar-refractivity contribution in [1.29, 1.82) is 0 Å². The minimum atomic E-state index is -0.228. The lowest BCUT2D eigenvalue weighted by Gasteiger charge is -2.22. The van der Waals surface area contributed by atoms with Crippen LogP contribution in [0.3, 0.4) is 0 Å².